The van der Waals surface area contributed by atoms with Crippen LogP contribution in [0.2, 0.25) is 0 Å². The molecule has 0 saturated carbocycles. The van der Waals surface area contributed by atoms with Gasteiger partial charge >= 0.3 is 0 Å². The lowest BCUT2D eigenvalue weighted by atomic mass is 10.1. The Morgan fingerprint density at radius 3 is 3.00 bits per heavy atom. The molecule has 2 heterocycles. The zero-order chi connectivity index (χ0) is 13.9. The molecule has 20 heavy (non-hydrogen) atoms. The Bertz CT molecular complexity index is 491. The standard InChI is InChI=1S/C16H21BrN2O/c17-13-3-1-2-12(10-13)4-7-16(20)19-9-8-14-5-6-15(11-19)18-14/h1-3,10,14-15,18H,4-9,11H2. The smallest absolute Gasteiger partial charge is 0.222 e. The lowest BCUT2D eigenvalue weighted by Gasteiger charge is -2.24. The average molecular weight is 337 g/mol. The van der Waals surface area contributed by atoms with Gasteiger partial charge in [0, 0.05) is 36.1 Å². The van der Waals surface area contributed by atoms with Crippen LogP contribution in [0.25, 0.3) is 0 Å². The molecule has 1 aromatic carbocycles. The van der Waals surface area contributed by atoms with Gasteiger partial charge in [-0.1, -0.05) is 28.1 Å². The van der Waals surface area contributed by atoms with Gasteiger partial charge in [-0.25, -0.2) is 0 Å². The Hall–Kier alpha value is -0.870. The zero-order valence-electron chi connectivity index (χ0n) is 11.6. The van der Waals surface area contributed by atoms with Crippen LogP contribution in [0.15, 0.2) is 28.7 Å². The number of fused-ring (bicyclic) bond motifs is 2. The molecule has 2 fully saturated rings. The number of nitrogens with zero attached hydrogens (tertiary/aromatic N) is 1. The van der Waals surface area contributed by atoms with Gasteiger partial charge in [0.15, 0.2) is 0 Å². The minimum atomic E-state index is 0.305. The number of hydrogen-bond donors (Lipinski definition) is 1. The third kappa shape index (κ3) is 3.41. The SMILES string of the molecule is O=C(CCc1cccc(Br)c1)N1CCC2CCC(C1)N2. The maximum absolute atomic E-state index is 12.4. The lowest BCUT2D eigenvalue weighted by Crippen LogP contribution is -2.39. The third-order valence-corrected chi connectivity index (χ3v) is 4.89. The number of likely N-dealkylation sites (tertiary alicyclic amines) is 1. The Morgan fingerprint density at radius 1 is 1.30 bits per heavy atom. The van der Waals surface area contributed by atoms with Crippen molar-refractivity contribution in [3.63, 3.8) is 0 Å². The molecule has 1 N–H and O–H groups in total. The number of carbonyl (C=O) groups excluding carboxylic acids is 1. The van der Waals surface area contributed by atoms with E-state index >= 15 is 0 Å². The van der Waals surface area contributed by atoms with Crippen molar-refractivity contribution in [2.75, 3.05) is 13.1 Å². The summed E-state index contributed by atoms with van der Waals surface area (Å²) in [5, 5.41) is 3.62. The minimum Gasteiger partial charge on any atom is -0.341 e. The van der Waals surface area contributed by atoms with Gasteiger partial charge in [0.1, 0.15) is 0 Å². The molecule has 3 rings (SSSR count). The molecule has 4 heteroatoms. The molecule has 2 aliphatic heterocycles. The van der Waals surface area contributed by atoms with E-state index in [1.165, 1.54) is 18.4 Å². The molecule has 1 amide bonds. The molecule has 2 atom stereocenters. The fourth-order valence-corrected chi connectivity index (χ4v) is 3.72. The van der Waals surface area contributed by atoms with Crippen molar-refractivity contribution in [1.29, 1.82) is 0 Å². The van der Waals surface area contributed by atoms with Crippen molar-refractivity contribution in [3.05, 3.63) is 34.3 Å². The van der Waals surface area contributed by atoms with Crippen molar-refractivity contribution < 1.29 is 4.79 Å². The van der Waals surface area contributed by atoms with Crippen LogP contribution in [0, 0.1) is 0 Å². The first-order valence-electron chi connectivity index (χ1n) is 7.49. The van der Waals surface area contributed by atoms with Crippen molar-refractivity contribution in [2.24, 2.45) is 0 Å². The first-order valence-corrected chi connectivity index (χ1v) is 8.28. The van der Waals surface area contributed by atoms with Gasteiger partial charge in [-0.2, -0.15) is 0 Å². The highest BCUT2D eigenvalue weighted by molar-refractivity contribution is 9.10. The van der Waals surface area contributed by atoms with Crippen LogP contribution in [0.3, 0.4) is 0 Å². The average Bonchev–Trinajstić information content (AvgIpc) is 2.76. The molecule has 2 unspecified atom stereocenters. The van der Waals surface area contributed by atoms with E-state index in [1.54, 1.807) is 0 Å². The van der Waals surface area contributed by atoms with Crippen LogP contribution < -0.4 is 5.32 Å². The highest BCUT2D eigenvalue weighted by atomic mass is 79.9. The van der Waals surface area contributed by atoms with Crippen molar-refractivity contribution in [3.8, 4) is 0 Å². The summed E-state index contributed by atoms with van der Waals surface area (Å²) in [5.41, 5.74) is 1.22. The Kier molecular flexibility index (Phi) is 4.41. The number of hydrogen-bond acceptors (Lipinski definition) is 2. The minimum absolute atomic E-state index is 0.305. The van der Waals surface area contributed by atoms with Crippen LogP contribution >= 0.6 is 15.9 Å². The number of halogens is 1. The van der Waals surface area contributed by atoms with Crippen LogP contribution in [0.5, 0.6) is 0 Å². The topological polar surface area (TPSA) is 32.3 Å². The number of aryl methyl sites for hydroxylation is 1. The summed E-state index contributed by atoms with van der Waals surface area (Å²) in [6.07, 6.45) is 5.06. The molecular formula is C16H21BrN2O. The van der Waals surface area contributed by atoms with Gasteiger partial charge in [0.2, 0.25) is 5.91 Å². The summed E-state index contributed by atoms with van der Waals surface area (Å²) >= 11 is 3.47. The molecular weight excluding hydrogens is 316 g/mol. The number of rotatable bonds is 3. The highest BCUT2D eigenvalue weighted by Gasteiger charge is 2.30. The van der Waals surface area contributed by atoms with Crippen LogP contribution in [-0.4, -0.2) is 36.0 Å². The highest BCUT2D eigenvalue weighted by Crippen LogP contribution is 2.21. The van der Waals surface area contributed by atoms with E-state index in [-0.39, 0.29) is 0 Å². The van der Waals surface area contributed by atoms with Crippen molar-refractivity contribution in [1.82, 2.24) is 10.2 Å². The van der Waals surface area contributed by atoms with Crippen LogP contribution in [0.4, 0.5) is 0 Å². The number of nitrogens with one attached hydrogen (secondary N) is 1. The summed E-state index contributed by atoms with van der Waals surface area (Å²) < 4.78 is 1.08. The van der Waals surface area contributed by atoms with Gasteiger partial charge in [0.05, 0.1) is 0 Å². The van der Waals surface area contributed by atoms with Gasteiger partial charge < -0.3 is 10.2 Å². The van der Waals surface area contributed by atoms with E-state index in [0.29, 0.717) is 24.4 Å². The monoisotopic (exact) mass is 336 g/mol. The molecule has 1 aromatic rings. The van der Waals surface area contributed by atoms with E-state index in [1.807, 2.05) is 12.1 Å². The second kappa shape index (κ2) is 6.27. The quantitative estimate of drug-likeness (QED) is 0.920. The molecule has 0 spiro atoms. The second-order valence-corrected chi connectivity index (χ2v) is 6.81. The van der Waals surface area contributed by atoms with Crippen molar-refractivity contribution >= 4 is 21.8 Å². The maximum atomic E-state index is 12.4. The fourth-order valence-electron chi connectivity index (χ4n) is 3.27. The summed E-state index contributed by atoms with van der Waals surface area (Å²) in [7, 11) is 0. The zero-order valence-corrected chi connectivity index (χ0v) is 13.2. The van der Waals surface area contributed by atoms with Crippen LogP contribution in [-0.2, 0) is 11.2 Å². The largest absolute Gasteiger partial charge is 0.341 e. The Morgan fingerprint density at radius 2 is 2.15 bits per heavy atom. The van der Waals surface area contributed by atoms with Gasteiger partial charge in [-0.15, -0.1) is 0 Å². The summed E-state index contributed by atoms with van der Waals surface area (Å²) in [6.45, 7) is 1.82. The molecule has 2 bridgehead atoms. The van der Waals surface area contributed by atoms with Gasteiger partial charge in [-0.05, 0) is 43.4 Å². The van der Waals surface area contributed by atoms with E-state index < -0.39 is 0 Å². The molecule has 108 valence electrons. The fraction of sp³-hybridized carbons (Fsp3) is 0.562. The normalized spacial score (nSPS) is 25.6. The summed E-state index contributed by atoms with van der Waals surface area (Å²) in [4.78, 5) is 14.4. The number of amides is 1. The van der Waals surface area contributed by atoms with E-state index in [9.17, 15) is 4.79 Å². The number of carbonyl (C=O) groups is 1. The summed E-state index contributed by atoms with van der Waals surface area (Å²) in [6, 6.07) is 9.39. The maximum Gasteiger partial charge on any atom is 0.222 e. The summed E-state index contributed by atoms with van der Waals surface area (Å²) in [5.74, 6) is 0.305. The lowest BCUT2D eigenvalue weighted by molar-refractivity contribution is -0.131. The first-order chi connectivity index (χ1) is 9.70. The van der Waals surface area contributed by atoms with Crippen LogP contribution in [0.1, 0.15) is 31.2 Å². The predicted molar refractivity (Wildman–Crippen MR) is 83.6 cm³/mol. The van der Waals surface area contributed by atoms with E-state index in [2.05, 4.69) is 38.3 Å². The molecule has 3 nitrogen and oxygen atoms in total. The number of benzene rings is 1. The first kappa shape index (κ1) is 14.1. The molecule has 0 aromatic heterocycles. The van der Waals surface area contributed by atoms with E-state index in [0.717, 1.165) is 30.4 Å². The van der Waals surface area contributed by atoms with Gasteiger partial charge in [0.25, 0.3) is 0 Å². The second-order valence-electron chi connectivity index (χ2n) is 5.90. The van der Waals surface area contributed by atoms with Crippen molar-refractivity contribution in [2.45, 2.75) is 44.2 Å². The van der Waals surface area contributed by atoms with E-state index in [4.69, 9.17) is 0 Å². The predicted octanol–water partition coefficient (Wildman–Crippen LogP) is 2.73. The molecule has 2 aliphatic rings. The molecule has 0 aliphatic carbocycles. The third-order valence-electron chi connectivity index (χ3n) is 4.39. The molecule has 2 saturated heterocycles. The Labute approximate surface area is 128 Å². The van der Waals surface area contributed by atoms with Gasteiger partial charge in [-0.3, -0.25) is 4.79 Å². The molecule has 0 radical (unpaired) electrons. The Balaban J connectivity index is 1.54.